The zero-order valence-corrected chi connectivity index (χ0v) is 10.1. The molecule has 4 nitrogen and oxygen atoms in total. The van der Waals surface area contributed by atoms with Crippen molar-refractivity contribution in [2.45, 2.75) is 25.3 Å². The Labute approximate surface area is 98.0 Å². The van der Waals surface area contributed by atoms with E-state index in [-0.39, 0.29) is 0 Å². The number of hydrogen-bond donors (Lipinski definition) is 2. The highest BCUT2D eigenvalue weighted by Crippen LogP contribution is 2.17. The van der Waals surface area contributed by atoms with Gasteiger partial charge in [-0.2, -0.15) is 0 Å². The molecule has 1 aromatic heterocycles. The summed E-state index contributed by atoms with van der Waals surface area (Å²) >= 11 is 3.41. The molecule has 1 fully saturated rings. The average Bonchev–Trinajstić information content (AvgIpc) is 2.74. The Balaban J connectivity index is 1.75. The molecule has 1 atom stereocenters. The van der Waals surface area contributed by atoms with Crippen molar-refractivity contribution in [1.82, 2.24) is 15.3 Å². The van der Waals surface area contributed by atoms with Crippen LogP contribution in [0.2, 0.25) is 0 Å². The van der Waals surface area contributed by atoms with E-state index in [1.807, 2.05) is 0 Å². The molecule has 1 unspecified atom stereocenters. The normalized spacial score (nSPS) is 20.5. The van der Waals surface area contributed by atoms with Gasteiger partial charge < -0.3 is 10.6 Å². The van der Waals surface area contributed by atoms with Crippen molar-refractivity contribution >= 4 is 21.7 Å². The molecule has 0 aromatic carbocycles. The van der Waals surface area contributed by atoms with E-state index < -0.39 is 0 Å². The molecule has 2 N–H and O–H groups in total. The molecule has 0 saturated carbocycles. The van der Waals surface area contributed by atoms with Crippen molar-refractivity contribution < 1.29 is 0 Å². The standard InChI is InChI=1S/C10H15BrN4/c11-9-6-12-7-15-10(9)14-5-3-8-2-1-4-13-8/h6-8,13H,1-5H2,(H,12,14,15). The van der Waals surface area contributed by atoms with Gasteiger partial charge in [0.25, 0.3) is 0 Å². The van der Waals surface area contributed by atoms with E-state index in [2.05, 4.69) is 36.5 Å². The van der Waals surface area contributed by atoms with Crippen molar-refractivity contribution in [2.24, 2.45) is 0 Å². The maximum absolute atomic E-state index is 4.15. The van der Waals surface area contributed by atoms with Crippen molar-refractivity contribution in [3.63, 3.8) is 0 Å². The van der Waals surface area contributed by atoms with Crippen LogP contribution in [0.1, 0.15) is 19.3 Å². The molecule has 0 aliphatic carbocycles. The molecule has 0 spiro atoms. The van der Waals surface area contributed by atoms with Crippen LogP contribution in [0.15, 0.2) is 17.0 Å². The summed E-state index contributed by atoms with van der Waals surface area (Å²) in [6.45, 7) is 2.12. The first-order chi connectivity index (χ1) is 7.36. The number of aromatic nitrogens is 2. The fraction of sp³-hybridized carbons (Fsp3) is 0.600. The van der Waals surface area contributed by atoms with Gasteiger partial charge in [-0.1, -0.05) is 0 Å². The van der Waals surface area contributed by atoms with Gasteiger partial charge in [0.2, 0.25) is 0 Å². The summed E-state index contributed by atoms with van der Waals surface area (Å²) in [5.41, 5.74) is 0. The first-order valence-corrected chi connectivity index (χ1v) is 6.08. The molecule has 1 aliphatic rings. The molecule has 0 radical (unpaired) electrons. The minimum Gasteiger partial charge on any atom is -0.369 e. The molecule has 0 bridgehead atoms. The Morgan fingerprint density at radius 1 is 1.60 bits per heavy atom. The molecule has 15 heavy (non-hydrogen) atoms. The van der Waals surface area contributed by atoms with Crippen molar-refractivity contribution in [1.29, 1.82) is 0 Å². The van der Waals surface area contributed by atoms with Crippen LogP contribution in [0, 0.1) is 0 Å². The van der Waals surface area contributed by atoms with Crippen LogP contribution in [0.25, 0.3) is 0 Å². The number of rotatable bonds is 4. The Morgan fingerprint density at radius 3 is 3.27 bits per heavy atom. The van der Waals surface area contributed by atoms with E-state index in [1.165, 1.54) is 19.4 Å². The van der Waals surface area contributed by atoms with Crippen LogP contribution < -0.4 is 10.6 Å². The maximum atomic E-state index is 4.15. The van der Waals surface area contributed by atoms with E-state index in [0.29, 0.717) is 6.04 Å². The fourth-order valence-electron chi connectivity index (χ4n) is 1.81. The van der Waals surface area contributed by atoms with E-state index in [9.17, 15) is 0 Å². The van der Waals surface area contributed by atoms with E-state index in [1.54, 1.807) is 12.5 Å². The molecule has 0 amide bonds. The minimum absolute atomic E-state index is 0.679. The zero-order chi connectivity index (χ0) is 10.5. The maximum Gasteiger partial charge on any atom is 0.143 e. The number of nitrogens with zero attached hydrogens (tertiary/aromatic N) is 2. The number of anilines is 1. The predicted molar refractivity (Wildman–Crippen MR) is 63.9 cm³/mol. The van der Waals surface area contributed by atoms with Crippen molar-refractivity contribution in [3.05, 3.63) is 17.0 Å². The summed E-state index contributed by atoms with van der Waals surface area (Å²) < 4.78 is 0.921. The van der Waals surface area contributed by atoms with Crippen LogP contribution in [0.4, 0.5) is 5.82 Å². The molecule has 82 valence electrons. The number of nitrogens with one attached hydrogen (secondary N) is 2. The minimum atomic E-state index is 0.679. The average molecular weight is 271 g/mol. The van der Waals surface area contributed by atoms with Gasteiger partial charge in [-0.25, -0.2) is 9.97 Å². The first-order valence-electron chi connectivity index (χ1n) is 5.29. The van der Waals surface area contributed by atoms with Crippen LogP contribution in [-0.2, 0) is 0 Å². The second-order valence-corrected chi connectivity index (χ2v) is 4.58. The number of halogens is 1. The molecular weight excluding hydrogens is 256 g/mol. The molecular formula is C10H15BrN4. The van der Waals surface area contributed by atoms with E-state index in [4.69, 9.17) is 0 Å². The summed E-state index contributed by atoms with van der Waals surface area (Å²) in [4.78, 5) is 8.07. The van der Waals surface area contributed by atoms with Gasteiger partial charge in [-0.05, 0) is 41.7 Å². The first kappa shape index (κ1) is 10.8. The van der Waals surface area contributed by atoms with Gasteiger partial charge in [0.1, 0.15) is 12.1 Å². The largest absolute Gasteiger partial charge is 0.369 e. The van der Waals surface area contributed by atoms with Gasteiger partial charge in [-0.15, -0.1) is 0 Å². The number of hydrogen-bond acceptors (Lipinski definition) is 4. The lowest BCUT2D eigenvalue weighted by Gasteiger charge is -2.11. The third-order valence-electron chi connectivity index (χ3n) is 2.62. The lowest BCUT2D eigenvalue weighted by Crippen LogP contribution is -2.24. The summed E-state index contributed by atoms with van der Waals surface area (Å²) in [5.74, 6) is 0.878. The van der Waals surface area contributed by atoms with E-state index >= 15 is 0 Å². The van der Waals surface area contributed by atoms with Crippen molar-refractivity contribution in [3.8, 4) is 0 Å². The smallest absolute Gasteiger partial charge is 0.143 e. The fourth-order valence-corrected chi connectivity index (χ4v) is 2.17. The molecule has 2 rings (SSSR count). The second-order valence-electron chi connectivity index (χ2n) is 3.73. The van der Waals surface area contributed by atoms with Gasteiger partial charge >= 0.3 is 0 Å². The van der Waals surface area contributed by atoms with Gasteiger partial charge in [0.15, 0.2) is 0 Å². The highest BCUT2D eigenvalue weighted by molar-refractivity contribution is 9.10. The second kappa shape index (κ2) is 5.42. The monoisotopic (exact) mass is 270 g/mol. The predicted octanol–water partition coefficient (Wildman–Crippen LogP) is 1.79. The van der Waals surface area contributed by atoms with Crippen LogP contribution in [0.3, 0.4) is 0 Å². The third kappa shape index (κ3) is 3.14. The highest BCUT2D eigenvalue weighted by atomic mass is 79.9. The lowest BCUT2D eigenvalue weighted by atomic mass is 10.1. The molecule has 5 heteroatoms. The summed E-state index contributed by atoms with van der Waals surface area (Å²) in [6, 6.07) is 0.679. The Kier molecular flexibility index (Phi) is 3.91. The molecule has 1 aromatic rings. The van der Waals surface area contributed by atoms with E-state index in [0.717, 1.165) is 23.3 Å². The molecule has 1 aliphatic heterocycles. The lowest BCUT2D eigenvalue weighted by molar-refractivity contribution is 0.574. The topological polar surface area (TPSA) is 49.8 Å². The van der Waals surface area contributed by atoms with Crippen LogP contribution in [0.5, 0.6) is 0 Å². The third-order valence-corrected chi connectivity index (χ3v) is 3.20. The zero-order valence-electron chi connectivity index (χ0n) is 8.54. The quantitative estimate of drug-likeness (QED) is 0.876. The van der Waals surface area contributed by atoms with Gasteiger partial charge in [0.05, 0.1) is 4.47 Å². The van der Waals surface area contributed by atoms with Gasteiger partial charge in [0, 0.05) is 18.8 Å². The van der Waals surface area contributed by atoms with Gasteiger partial charge in [-0.3, -0.25) is 0 Å². The van der Waals surface area contributed by atoms with Crippen LogP contribution in [-0.4, -0.2) is 29.1 Å². The van der Waals surface area contributed by atoms with Crippen LogP contribution >= 0.6 is 15.9 Å². The summed E-state index contributed by atoms with van der Waals surface area (Å²) in [5, 5.41) is 6.77. The summed E-state index contributed by atoms with van der Waals surface area (Å²) in [7, 11) is 0. The Morgan fingerprint density at radius 2 is 2.53 bits per heavy atom. The highest BCUT2D eigenvalue weighted by Gasteiger charge is 2.13. The van der Waals surface area contributed by atoms with Crippen molar-refractivity contribution in [2.75, 3.05) is 18.4 Å². The molecule has 1 saturated heterocycles. The molecule has 2 heterocycles. The Hall–Kier alpha value is -0.680. The Bertz CT molecular complexity index is 312. The SMILES string of the molecule is Brc1cncnc1NCCC1CCCN1. The summed E-state index contributed by atoms with van der Waals surface area (Å²) in [6.07, 6.45) is 7.06.